The van der Waals surface area contributed by atoms with Crippen molar-refractivity contribution in [3.05, 3.63) is 89.9 Å². The van der Waals surface area contributed by atoms with E-state index in [2.05, 4.69) is 0 Å². The van der Waals surface area contributed by atoms with E-state index in [1.807, 2.05) is 62.4 Å². The third kappa shape index (κ3) is 3.85. The molecule has 5 nitrogen and oxygen atoms in total. The molecule has 0 aliphatic carbocycles. The predicted molar refractivity (Wildman–Crippen MR) is 114 cm³/mol. The molecule has 1 aliphatic rings. The van der Waals surface area contributed by atoms with Crippen molar-refractivity contribution in [1.82, 2.24) is 0 Å². The van der Waals surface area contributed by atoms with E-state index in [1.54, 1.807) is 35.4 Å². The van der Waals surface area contributed by atoms with Crippen molar-refractivity contribution < 1.29 is 14.0 Å². The van der Waals surface area contributed by atoms with Crippen molar-refractivity contribution in [3.8, 4) is 0 Å². The van der Waals surface area contributed by atoms with Gasteiger partial charge in [-0.15, -0.1) is 0 Å². The average molecular weight is 386 g/mol. The van der Waals surface area contributed by atoms with Gasteiger partial charge in [-0.05, 0) is 56.3 Å². The van der Waals surface area contributed by atoms with E-state index in [0.717, 1.165) is 16.8 Å². The molecule has 1 fully saturated rings. The number of nitrogens with zero attached hydrogens (tertiary/aromatic N) is 2. The minimum absolute atomic E-state index is 0.185. The molecule has 3 aromatic rings. The Labute approximate surface area is 169 Å². The second-order valence-corrected chi connectivity index (χ2v) is 7.20. The number of amides is 3. The average Bonchev–Trinajstić information content (AvgIpc) is 3.22. The maximum Gasteiger partial charge on any atom is 0.336 e. The Morgan fingerprint density at radius 2 is 1.52 bits per heavy atom. The molecule has 1 saturated heterocycles. The van der Waals surface area contributed by atoms with Crippen LogP contribution >= 0.6 is 0 Å². The molecule has 146 valence electrons. The van der Waals surface area contributed by atoms with Gasteiger partial charge in [-0.2, -0.15) is 0 Å². The van der Waals surface area contributed by atoms with E-state index in [9.17, 15) is 9.59 Å². The number of carbonyl (C=O) groups is 2. The third-order valence-electron chi connectivity index (χ3n) is 4.99. The Bertz CT molecular complexity index is 1030. The fourth-order valence-electron chi connectivity index (χ4n) is 3.42. The zero-order valence-electron chi connectivity index (χ0n) is 16.4. The van der Waals surface area contributed by atoms with Crippen LogP contribution in [0, 0.1) is 13.8 Å². The number of anilines is 2. The molecule has 4 rings (SSSR count). The van der Waals surface area contributed by atoms with Gasteiger partial charge in [0.25, 0.3) is 0 Å². The van der Waals surface area contributed by atoms with E-state index in [4.69, 9.17) is 4.42 Å². The normalized spacial score (nSPS) is 17.4. The third-order valence-corrected chi connectivity index (χ3v) is 4.99. The maximum atomic E-state index is 13.5. The van der Waals surface area contributed by atoms with Gasteiger partial charge in [-0.3, -0.25) is 9.69 Å². The van der Waals surface area contributed by atoms with Crippen LogP contribution < -0.4 is 9.80 Å². The van der Waals surface area contributed by atoms with Gasteiger partial charge < -0.3 is 4.42 Å². The SMILES string of the molecule is Cc1ccc(N2C(=O)CC(/C=C/c3ccco3)N(c3ccc(C)cc3)C2=O)cc1. The summed E-state index contributed by atoms with van der Waals surface area (Å²) in [7, 11) is 0. The Morgan fingerprint density at radius 3 is 2.10 bits per heavy atom. The smallest absolute Gasteiger partial charge is 0.336 e. The highest BCUT2D eigenvalue weighted by atomic mass is 16.3. The van der Waals surface area contributed by atoms with Crippen molar-refractivity contribution in [1.29, 1.82) is 0 Å². The standard InChI is InChI=1S/C24H22N2O3/c1-17-5-9-19(10-6-17)25-21(13-14-22-4-3-15-29-22)16-23(27)26(24(25)28)20-11-7-18(2)8-12-20/h3-15,21H,16H2,1-2H3/b14-13+. The largest absolute Gasteiger partial charge is 0.465 e. The fourth-order valence-corrected chi connectivity index (χ4v) is 3.42. The number of carbonyl (C=O) groups excluding carboxylic acids is 2. The van der Waals surface area contributed by atoms with Crippen LogP contribution in [0.25, 0.3) is 6.08 Å². The van der Waals surface area contributed by atoms with E-state index in [0.29, 0.717) is 11.4 Å². The molecule has 5 heteroatoms. The summed E-state index contributed by atoms with van der Waals surface area (Å²) >= 11 is 0. The quantitative estimate of drug-likeness (QED) is 0.608. The first-order chi connectivity index (χ1) is 14.0. The number of aryl methyl sites for hydroxylation is 2. The number of furan rings is 1. The first-order valence-corrected chi connectivity index (χ1v) is 9.54. The molecule has 1 unspecified atom stereocenters. The highest BCUT2D eigenvalue weighted by Gasteiger charge is 2.39. The Hall–Kier alpha value is -3.60. The van der Waals surface area contributed by atoms with Gasteiger partial charge in [-0.1, -0.05) is 41.5 Å². The molecule has 3 amide bonds. The number of imide groups is 1. The monoisotopic (exact) mass is 386 g/mol. The maximum absolute atomic E-state index is 13.5. The second kappa shape index (κ2) is 7.80. The summed E-state index contributed by atoms with van der Waals surface area (Å²) in [5.74, 6) is 0.450. The van der Waals surface area contributed by atoms with Gasteiger partial charge in [0.1, 0.15) is 5.76 Å². The van der Waals surface area contributed by atoms with Gasteiger partial charge in [0.05, 0.1) is 24.4 Å². The molecule has 0 spiro atoms. The molecular weight excluding hydrogens is 364 g/mol. The first kappa shape index (κ1) is 18.7. The number of rotatable bonds is 4. The van der Waals surface area contributed by atoms with E-state index in [1.165, 1.54) is 4.90 Å². The Kier molecular flexibility index (Phi) is 5.04. The van der Waals surface area contributed by atoms with Crippen molar-refractivity contribution in [3.63, 3.8) is 0 Å². The van der Waals surface area contributed by atoms with Crippen LogP contribution in [0.3, 0.4) is 0 Å². The van der Waals surface area contributed by atoms with Crippen molar-refractivity contribution in [2.45, 2.75) is 26.3 Å². The molecule has 0 radical (unpaired) electrons. The lowest BCUT2D eigenvalue weighted by Gasteiger charge is -2.39. The molecule has 0 bridgehead atoms. The van der Waals surface area contributed by atoms with E-state index in [-0.39, 0.29) is 18.4 Å². The zero-order valence-corrected chi connectivity index (χ0v) is 16.4. The molecule has 1 atom stereocenters. The Balaban J connectivity index is 1.72. The Morgan fingerprint density at radius 1 is 0.897 bits per heavy atom. The van der Waals surface area contributed by atoms with Gasteiger partial charge in [0.2, 0.25) is 5.91 Å². The molecule has 2 aromatic carbocycles. The first-order valence-electron chi connectivity index (χ1n) is 9.54. The number of urea groups is 1. The van der Waals surface area contributed by atoms with Gasteiger partial charge in [-0.25, -0.2) is 9.69 Å². The summed E-state index contributed by atoms with van der Waals surface area (Å²) in [4.78, 5) is 29.3. The van der Waals surface area contributed by atoms with Crippen molar-refractivity contribution >= 4 is 29.4 Å². The molecule has 0 saturated carbocycles. The van der Waals surface area contributed by atoms with Crippen LogP contribution in [0.15, 0.2) is 77.4 Å². The van der Waals surface area contributed by atoms with Crippen LogP contribution in [0.5, 0.6) is 0 Å². The topological polar surface area (TPSA) is 53.8 Å². The number of benzene rings is 2. The van der Waals surface area contributed by atoms with E-state index < -0.39 is 6.04 Å². The lowest BCUT2D eigenvalue weighted by atomic mass is 10.0. The summed E-state index contributed by atoms with van der Waals surface area (Å²) < 4.78 is 5.35. The number of hydrogen-bond donors (Lipinski definition) is 0. The summed E-state index contributed by atoms with van der Waals surface area (Å²) in [5.41, 5.74) is 3.50. The van der Waals surface area contributed by atoms with Crippen LogP contribution in [0.1, 0.15) is 23.3 Å². The molecule has 1 aromatic heterocycles. The lowest BCUT2D eigenvalue weighted by molar-refractivity contribution is -0.118. The molecule has 29 heavy (non-hydrogen) atoms. The van der Waals surface area contributed by atoms with Crippen molar-refractivity contribution in [2.75, 3.05) is 9.80 Å². The number of hydrogen-bond acceptors (Lipinski definition) is 3. The summed E-state index contributed by atoms with van der Waals surface area (Å²) in [6, 6.07) is 18.0. The van der Waals surface area contributed by atoms with Gasteiger partial charge in [0.15, 0.2) is 0 Å². The highest BCUT2D eigenvalue weighted by molar-refractivity contribution is 6.22. The minimum atomic E-state index is -0.399. The van der Waals surface area contributed by atoms with Crippen molar-refractivity contribution in [2.24, 2.45) is 0 Å². The second-order valence-electron chi connectivity index (χ2n) is 7.20. The summed E-state index contributed by atoms with van der Waals surface area (Å²) in [6.07, 6.45) is 5.42. The fraction of sp³-hybridized carbons (Fsp3) is 0.167. The molecule has 1 aliphatic heterocycles. The van der Waals surface area contributed by atoms with Crippen LogP contribution in [0.4, 0.5) is 16.2 Å². The minimum Gasteiger partial charge on any atom is -0.465 e. The predicted octanol–water partition coefficient (Wildman–Crippen LogP) is 5.34. The zero-order chi connectivity index (χ0) is 20.4. The summed E-state index contributed by atoms with van der Waals surface area (Å²) in [6.45, 7) is 3.97. The summed E-state index contributed by atoms with van der Waals surface area (Å²) in [5, 5.41) is 0. The van der Waals surface area contributed by atoms with Crippen LogP contribution in [-0.2, 0) is 4.79 Å². The molecule has 0 N–H and O–H groups in total. The van der Waals surface area contributed by atoms with Gasteiger partial charge >= 0.3 is 6.03 Å². The van der Waals surface area contributed by atoms with Crippen LogP contribution in [0.2, 0.25) is 0 Å². The molecular formula is C24H22N2O3. The highest BCUT2D eigenvalue weighted by Crippen LogP contribution is 2.30. The van der Waals surface area contributed by atoms with Gasteiger partial charge in [0, 0.05) is 5.69 Å². The molecule has 2 heterocycles. The lowest BCUT2D eigenvalue weighted by Crippen LogP contribution is -2.57. The van der Waals surface area contributed by atoms with E-state index >= 15 is 0 Å². The van der Waals surface area contributed by atoms with Crippen LogP contribution in [-0.4, -0.2) is 18.0 Å².